The fourth-order valence-corrected chi connectivity index (χ4v) is 4.22. The van der Waals surface area contributed by atoms with Crippen LogP contribution in [0, 0.1) is 0 Å². The number of benzene rings is 1. The Morgan fingerprint density at radius 2 is 1.96 bits per heavy atom. The molecule has 0 fully saturated rings. The van der Waals surface area contributed by atoms with E-state index in [1.54, 1.807) is 12.5 Å². The third-order valence-electron chi connectivity index (χ3n) is 3.31. The van der Waals surface area contributed by atoms with E-state index < -0.39 is 10.0 Å². The molecule has 25 heavy (non-hydrogen) atoms. The summed E-state index contributed by atoms with van der Waals surface area (Å²) >= 11 is 0.900. The minimum absolute atomic E-state index is 0.0475. The molecule has 1 aromatic carbocycles. The van der Waals surface area contributed by atoms with E-state index in [1.165, 1.54) is 13.1 Å². The van der Waals surface area contributed by atoms with E-state index in [-0.39, 0.29) is 21.8 Å². The number of hydrogen-bond acceptors (Lipinski definition) is 6. The molecule has 0 saturated heterocycles. The quantitative estimate of drug-likeness (QED) is 0.688. The average molecular weight is 377 g/mol. The molecule has 3 aromatic rings. The van der Waals surface area contributed by atoms with E-state index in [2.05, 4.69) is 15.0 Å². The fraction of sp³-hybridized carbons (Fsp3) is 0.125. The zero-order valence-corrected chi connectivity index (χ0v) is 14.9. The molecule has 0 spiro atoms. The van der Waals surface area contributed by atoms with Crippen molar-refractivity contribution in [3.63, 3.8) is 0 Å². The van der Waals surface area contributed by atoms with Crippen LogP contribution < -0.4 is 10.0 Å². The van der Waals surface area contributed by atoms with Crippen molar-refractivity contribution in [2.24, 2.45) is 0 Å². The molecule has 7 nitrogen and oxygen atoms in total. The van der Waals surface area contributed by atoms with Gasteiger partial charge in [0.15, 0.2) is 9.34 Å². The van der Waals surface area contributed by atoms with Gasteiger partial charge in [0, 0.05) is 19.0 Å². The van der Waals surface area contributed by atoms with Gasteiger partial charge in [0.1, 0.15) is 0 Å². The third-order valence-corrected chi connectivity index (χ3v) is 6.08. The molecule has 0 atom stereocenters. The van der Waals surface area contributed by atoms with Crippen LogP contribution in [0.3, 0.4) is 0 Å². The molecule has 0 aliphatic heterocycles. The van der Waals surface area contributed by atoms with E-state index >= 15 is 0 Å². The highest BCUT2D eigenvalue weighted by atomic mass is 32.2. The minimum atomic E-state index is -3.69. The molecule has 1 amide bonds. The van der Waals surface area contributed by atoms with E-state index in [0.717, 1.165) is 28.0 Å². The Morgan fingerprint density at radius 1 is 1.20 bits per heavy atom. The summed E-state index contributed by atoms with van der Waals surface area (Å²) in [6, 6.07) is 9.35. The second-order valence-corrected chi connectivity index (χ2v) is 8.22. The molecular weight excluding hydrogens is 362 g/mol. The van der Waals surface area contributed by atoms with Gasteiger partial charge in [-0.05, 0) is 17.2 Å². The van der Waals surface area contributed by atoms with Crippen molar-refractivity contribution < 1.29 is 17.6 Å². The lowest BCUT2D eigenvalue weighted by atomic mass is 10.1. The number of anilines is 1. The highest BCUT2D eigenvalue weighted by Crippen LogP contribution is 2.23. The molecule has 2 N–H and O–H groups in total. The molecule has 0 saturated carbocycles. The zero-order chi connectivity index (χ0) is 17.9. The van der Waals surface area contributed by atoms with Crippen molar-refractivity contribution in [1.29, 1.82) is 0 Å². The van der Waals surface area contributed by atoms with E-state index in [0.29, 0.717) is 0 Å². The molecule has 0 unspecified atom stereocenters. The predicted molar refractivity (Wildman–Crippen MR) is 94.6 cm³/mol. The highest BCUT2D eigenvalue weighted by molar-refractivity contribution is 7.91. The second-order valence-electron chi connectivity index (χ2n) is 5.20. The van der Waals surface area contributed by atoms with Gasteiger partial charge in [-0.15, -0.1) is 0 Å². The lowest BCUT2D eigenvalue weighted by Crippen LogP contribution is -2.22. The standard InChI is InChI=1S/C16H15N3O4S2/c1-11(20)19-16-17-9-15(24-16)25(21,22)18-8-12-2-4-13(5-3-12)14-6-7-23-10-14/h2-7,9-10,18H,8H2,1H3,(H,17,19,20). The Bertz CT molecular complexity index is 961. The van der Waals surface area contributed by atoms with Crippen LogP contribution in [0.1, 0.15) is 12.5 Å². The van der Waals surface area contributed by atoms with E-state index in [4.69, 9.17) is 4.42 Å². The third kappa shape index (κ3) is 4.32. The van der Waals surface area contributed by atoms with Gasteiger partial charge in [-0.25, -0.2) is 18.1 Å². The van der Waals surface area contributed by atoms with Crippen LogP contribution in [0.25, 0.3) is 11.1 Å². The van der Waals surface area contributed by atoms with E-state index in [9.17, 15) is 13.2 Å². The molecule has 130 valence electrons. The van der Waals surface area contributed by atoms with Crippen LogP contribution in [0.4, 0.5) is 5.13 Å². The predicted octanol–water partition coefficient (Wildman–Crippen LogP) is 2.84. The summed E-state index contributed by atoms with van der Waals surface area (Å²) in [5.74, 6) is -0.302. The van der Waals surface area contributed by atoms with Crippen LogP contribution in [0.15, 0.2) is 57.7 Å². The Labute approximate surface area is 148 Å². The molecule has 0 radical (unpaired) electrons. The number of nitrogens with one attached hydrogen (secondary N) is 2. The maximum atomic E-state index is 12.3. The summed E-state index contributed by atoms with van der Waals surface area (Å²) in [5.41, 5.74) is 2.77. The van der Waals surface area contributed by atoms with Crippen LogP contribution in [0.5, 0.6) is 0 Å². The van der Waals surface area contributed by atoms with Crippen molar-refractivity contribution in [3.05, 3.63) is 54.6 Å². The smallest absolute Gasteiger partial charge is 0.252 e. The number of thiazole rings is 1. The van der Waals surface area contributed by atoms with Gasteiger partial charge in [-0.1, -0.05) is 35.6 Å². The molecule has 0 bridgehead atoms. The molecular formula is C16H15N3O4S2. The van der Waals surface area contributed by atoms with Crippen molar-refractivity contribution in [2.45, 2.75) is 17.7 Å². The number of nitrogens with zero attached hydrogens (tertiary/aromatic N) is 1. The Balaban J connectivity index is 1.65. The molecule has 2 heterocycles. The van der Waals surface area contributed by atoms with Crippen molar-refractivity contribution >= 4 is 32.4 Å². The minimum Gasteiger partial charge on any atom is -0.472 e. The first kappa shape index (κ1) is 17.3. The van der Waals surface area contributed by atoms with Crippen LogP contribution >= 0.6 is 11.3 Å². The number of hydrogen-bond donors (Lipinski definition) is 2. The zero-order valence-electron chi connectivity index (χ0n) is 13.2. The Morgan fingerprint density at radius 3 is 2.60 bits per heavy atom. The summed E-state index contributed by atoms with van der Waals surface area (Å²) in [4.78, 5) is 14.9. The molecule has 9 heteroatoms. The number of furan rings is 1. The largest absolute Gasteiger partial charge is 0.472 e. The Kier molecular flexibility index (Phi) is 4.98. The van der Waals surface area contributed by atoms with Gasteiger partial charge < -0.3 is 9.73 Å². The number of carbonyl (C=O) groups excluding carboxylic acids is 1. The van der Waals surface area contributed by atoms with Crippen molar-refractivity contribution in [1.82, 2.24) is 9.71 Å². The van der Waals surface area contributed by atoms with Gasteiger partial charge >= 0.3 is 0 Å². The average Bonchev–Trinajstić information content (AvgIpc) is 3.25. The summed E-state index contributed by atoms with van der Waals surface area (Å²) in [6.45, 7) is 1.49. The first-order valence-corrected chi connectivity index (χ1v) is 9.58. The number of rotatable bonds is 6. The van der Waals surface area contributed by atoms with E-state index in [1.807, 2.05) is 30.3 Å². The molecule has 2 aromatic heterocycles. The Hall–Kier alpha value is -2.49. The van der Waals surface area contributed by atoms with Gasteiger partial charge in [0.2, 0.25) is 5.91 Å². The van der Waals surface area contributed by atoms with Crippen LogP contribution in [-0.2, 0) is 21.4 Å². The number of amides is 1. The first-order valence-electron chi connectivity index (χ1n) is 7.28. The van der Waals surface area contributed by atoms with Gasteiger partial charge in [-0.3, -0.25) is 4.79 Å². The highest BCUT2D eigenvalue weighted by Gasteiger charge is 2.18. The summed E-state index contributed by atoms with van der Waals surface area (Å²) in [5, 5.41) is 2.71. The fourth-order valence-electron chi connectivity index (χ4n) is 2.09. The first-order chi connectivity index (χ1) is 11.9. The molecule has 3 rings (SSSR count). The van der Waals surface area contributed by atoms with Crippen molar-refractivity contribution in [3.8, 4) is 11.1 Å². The maximum absolute atomic E-state index is 12.3. The number of sulfonamides is 1. The van der Waals surface area contributed by atoms with Gasteiger partial charge in [0.25, 0.3) is 10.0 Å². The maximum Gasteiger partial charge on any atom is 0.252 e. The normalized spacial score (nSPS) is 11.4. The summed E-state index contributed by atoms with van der Waals surface area (Å²) < 4.78 is 32.2. The summed E-state index contributed by atoms with van der Waals surface area (Å²) in [7, 11) is -3.69. The summed E-state index contributed by atoms with van der Waals surface area (Å²) in [6.07, 6.45) is 4.47. The number of carbonyl (C=O) groups is 1. The lowest BCUT2D eigenvalue weighted by Gasteiger charge is -2.05. The molecule has 0 aliphatic carbocycles. The van der Waals surface area contributed by atoms with Gasteiger partial charge in [0.05, 0.1) is 18.7 Å². The number of aromatic nitrogens is 1. The topological polar surface area (TPSA) is 101 Å². The molecule has 0 aliphatic rings. The van der Waals surface area contributed by atoms with Gasteiger partial charge in [-0.2, -0.15) is 0 Å². The van der Waals surface area contributed by atoms with Crippen LogP contribution in [0.2, 0.25) is 0 Å². The SMILES string of the molecule is CC(=O)Nc1ncc(S(=O)(=O)NCc2ccc(-c3ccoc3)cc2)s1. The van der Waals surface area contributed by atoms with Crippen LogP contribution in [-0.4, -0.2) is 19.3 Å². The second kappa shape index (κ2) is 7.18. The van der Waals surface area contributed by atoms with Crippen molar-refractivity contribution in [2.75, 3.05) is 5.32 Å². The lowest BCUT2D eigenvalue weighted by molar-refractivity contribution is -0.114. The monoisotopic (exact) mass is 377 g/mol.